The first kappa shape index (κ1) is 28.0. The van der Waals surface area contributed by atoms with Crippen LogP contribution in [0.5, 0.6) is 5.88 Å². The molecule has 4 rings (SSSR count). The fourth-order valence-electron chi connectivity index (χ4n) is 4.22. The maximum atomic E-state index is 15.2. The van der Waals surface area contributed by atoms with Gasteiger partial charge in [0.05, 0.1) is 36.5 Å². The number of aromatic nitrogens is 2. The number of hydrogen-bond donors (Lipinski definition) is 2. The highest BCUT2D eigenvalue weighted by atomic mass is 35.5. The van der Waals surface area contributed by atoms with Crippen molar-refractivity contribution in [3.05, 3.63) is 41.8 Å². The smallest absolute Gasteiger partial charge is 0.247 e. The van der Waals surface area contributed by atoms with Crippen LogP contribution in [0.2, 0.25) is 5.02 Å². The van der Waals surface area contributed by atoms with E-state index in [1.807, 2.05) is 30.9 Å². The molecule has 4 atom stereocenters. The zero-order valence-electron chi connectivity index (χ0n) is 21.7. The summed E-state index contributed by atoms with van der Waals surface area (Å²) in [5, 5.41) is 5.77. The van der Waals surface area contributed by atoms with Gasteiger partial charge in [0.25, 0.3) is 0 Å². The Kier molecular flexibility index (Phi) is 9.00. The molecule has 11 nitrogen and oxygen atoms in total. The molecule has 38 heavy (non-hydrogen) atoms. The average molecular weight is 551 g/mol. The van der Waals surface area contributed by atoms with E-state index in [2.05, 4.69) is 27.2 Å². The molecule has 2 saturated heterocycles. The Labute approximate surface area is 225 Å². The first-order chi connectivity index (χ1) is 18.2. The van der Waals surface area contributed by atoms with Gasteiger partial charge >= 0.3 is 0 Å². The molecule has 13 heteroatoms. The van der Waals surface area contributed by atoms with E-state index in [0.717, 1.165) is 12.6 Å². The van der Waals surface area contributed by atoms with Gasteiger partial charge in [-0.15, -0.1) is 0 Å². The van der Waals surface area contributed by atoms with Crippen molar-refractivity contribution >= 4 is 40.5 Å². The Morgan fingerprint density at radius 1 is 1.21 bits per heavy atom. The minimum absolute atomic E-state index is 0.0497. The van der Waals surface area contributed by atoms with Crippen LogP contribution in [0.1, 0.15) is 0 Å². The molecule has 0 aliphatic carbocycles. The van der Waals surface area contributed by atoms with Crippen molar-refractivity contribution < 1.29 is 28.1 Å². The Morgan fingerprint density at radius 2 is 1.92 bits per heavy atom. The van der Waals surface area contributed by atoms with Crippen LogP contribution >= 0.6 is 11.6 Å². The Morgan fingerprint density at radius 3 is 2.61 bits per heavy atom. The minimum atomic E-state index is -0.564. The molecule has 3 heterocycles. The third-order valence-electron chi connectivity index (χ3n) is 6.31. The number of benzene rings is 1. The van der Waals surface area contributed by atoms with Gasteiger partial charge in [-0.05, 0) is 26.2 Å². The second-order valence-corrected chi connectivity index (χ2v) is 9.67. The summed E-state index contributed by atoms with van der Waals surface area (Å²) in [4.78, 5) is 24.4. The van der Waals surface area contributed by atoms with E-state index in [0.29, 0.717) is 24.5 Å². The number of methoxy groups -OCH3 is 1. The number of rotatable bonds is 11. The van der Waals surface area contributed by atoms with Gasteiger partial charge in [-0.1, -0.05) is 18.2 Å². The van der Waals surface area contributed by atoms with Gasteiger partial charge in [-0.2, -0.15) is 4.98 Å². The number of hydrogen-bond acceptors (Lipinski definition) is 10. The SMILES string of the molecule is C=CC(=O)Nc1cc(Nc2ncc(Cl)c(O[C@H]3CO[C@@H]4[C@H]3OC[C@@H]4OC)n2)c(F)cc1N(C)CCN(C)C. The second kappa shape index (κ2) is 12.2. The Bertz CT molecular complexity index is 1170. The quantitative estimate of drug-likeness (QED) is 0.405. The molecule has 2 fully saturated rings. The van der Waals surface area contributed by atoms with Crippen molar-refractivity contribution in [1.82, 2.24) is 14.9 Å². The van der Waals surface area contributed by atoms with Crippen LogP contribution in [0.3, 0.4) is 0 Å². The monoisotopic (exact) mass is 550 g/mol. The molecule has 206 valence electrons. The molecule has 2 aromatic rings. The summed E-state index contributed by atoms with van der Waals surface area (Å²) < 4.78 is 38.2. The summed E-state index contributed by atoms with van der Waals surface area (Å²) in [6.07, 6.45) is 1.31. The highest BCUT2D eigenvalue weighted by molar-refractivity contribution is 6.31. The number of nitrogens with zero attached hydrogens (tertiary/aromatic N) is 4. The Balaban J connectivity index is 1.55. The third kappa shape index (κ3) is 6.33. The van der Waals surface area contributed by atoms with Gasteiger partial charge in [-0.25, -0.2) is 9.37 Å². The molecule has 1 aromatic heterocycles. The number of ether oxygens (including phenoxy) is 4. The van der Waals surface area contributed by atoms with Gasteiger partial charge in [0.1, 0.15) is 29.2 Å². The molecule has 2 N–H and O–H groups in total. The minimum Gasteiger partial charge on any atom is -0.468 e. The van der Waals surface area contributed by atoms with Gasteiger partial charge in [-0.3, -0.25) is 4.79 Å². The molecule has 0 radical (unpaired) electrons. The molecule has 2 aliphatic rings. The van der Waals surface area contributed by atoms with Crippen LogP contribution < -0.4 is 20.3 Å². The summed E-state index contributed by atoms with van der Waals surface area (Å²) in [6.45, 7) is 5.52. The van der Waals surface area contributed by atoms with Gasteiger partial charge < -0.3 is 39.4 Å². The van der Waals surface area contributed by atoms with Crippen molar-refractivity contribution in [2.45, 2.75) is 24.4 Å². The highest BCUT2D eigenvalue weighted by Crippen LogP contribution is 2.35. The average Bonchev–Trinajstić information content (AvgIpc) is 3.48. The predicted molar refractivity (Wildman–Crippen MR) is 142 cm³/mol. The molecule has 1 aromatic carbocycles. The van der Waals surface area contributed by atoms with E-state index < -0.39 is 17.8 Å². The lowest BCUT2D eigenvalue weighted by Gasteiger charge is -2.25. The van der Waals surface area contributed by atoms with Crippen molar-refractivity contribution in [2.75, 3.05) is 70.1 Å². The molecular formula is C25H32ClFN6O5. The molecule has 1 amide bonds. The van der Waals surface area contributed by atoms with Crippen LogP contribution in [0.25, 0.3) is 0 Å². The first-order valence-corrected chi connectivity index (χ1v) is 12.4. The van der Waals surface area contributed by atoms with E-state index in [9.17, 15) is 4.79 Å². The lowest BCUT2D eigenvalue weighted by Crippen LogP contribution is -2.35. The van der Waals surface area contributed by atoms with E-state index in [4.69, 9.17) is 30.5 Å². The normalized spacial score (nSPS) is 22.3. The van der Waals surface area contributed by atoms with Crippen LogP contribution in [-0.2, 0) is 19.0 Å². The molecule has 0 bridgehead atoms. The van der Waals surface area contributed by atoms with Gasteiger partial charge in [0, 0.05) is 33.3 Å². The summed E-state index contributed by atoms with van der Waals surface area (Å²) in [5.74, 6) is -0.837. The molecular weight excluding hydrogens is 519 g/mol. The summed E-state index contributed by atoms with van der Waals surface area (Å²) >= 11 is 6.29. The van der Waals surface area contributed by atoms with Crippen molar-refractivity contribution in [3.8, 4) is 5.88 Å². The highest BCUT2D eigenvalue weighted by Gasteiger charge is 2.49. The van der Waals surface area contributed by atoms with E-state index in [-0.39, 0.29) is 47.5 Å². The molecule has 0 spiro atoms. The fraction of sp³-hybridized carbons (Fsp3) is 0.480. The zero-order chi connectivity index (χ0) is 27.4. The van der Waals surface area contributed by atoms with E-state index in [1.165, 1.54) is 18.3 Å². The summed E-state index contributed by atoms with van der Waals surface area (Å²) in [7, 11) is 7.32. The Hall–Kier alpha value is -3.03. The summed E-state index contributed by atoms with van der Waals surface area (Å²) in [6, 6.07) is 2.81. The number of anilines is 4. The number of nitrogens with one attached hydrogen (secondary N) is 2. The van der Waals surface area contributed by atoms with Gasteiger partial charge in [0.2, 0.25) is 17.7 Å². The van der Waals surface area contributed by atoms with Crippen LogP contribution in [0.4, 0.5) is 27.4 Å². The maximum absolute atomic E-state index is 15.2. The van der Waals surface area contributed by atoms with Crippen LogP contribution in [-0.4, -0.2) is 99.7 Å². The zero-order valence-corrected chi connectivity index (χ0v) is 22.5. The van der Waals surface area contributed by atoms with Crippen LogP contribution in [0.15, 0.2) is 31.0 Å². The number of fused-ring (bicyclic) bond motifs is 1. The largest absolute Gasteiger partial charge is 0.468 e. The number of carbonyl (C=O) groups excluding carboxylic acids is 1. The van der Waals surface area contributed by atoms with Crippen molar-refractivity contribution in [1.29, 1.82) is 0 Å². The lowest BCUT2D eigenvalue weighted by atomic mass is 10.1. The second-order valence-electron chi connectivity index (χ2n) is 9.27. The topological polar surface area (TPSA) is 110 Å². The molecule has 0 saturated carbocycles. The standard InChI is InChI=1S/C25H32ClFN6O5/c1-6-21(34)29-17-10-16(15(27)9-18(17)33(4)8-7-32(2)3)30-25-28-11-14(26)24(31-25)38-20-13-37-22-19(35-5)12-36-23(20)22/h6,9-11,19-20,22-23H,1,7-8,12-13H2,2-5H3,(H,29,34)(H,28,30,31)/t19-,20-,22-,23-/m0/s1. The van der Waals surface area contributed by atoms with E-state index >= 15 is 4.39 Å². The van der Waals surface area contributed by atoms with Gasteiger partial charge in [0.15, 0.2) is 6.10 Å². The summed E-state index contributed by atoms with van der Waals surface area (Å²) in [5.41, 5.74) is 0.951. The van der Waals surface area contributed by atoms with Crippen molar-refractivity contribution in [2.24, 2.45) is 0 Å². The fourth-order valence-corrected chi connectivity index (χ4v) is 4.35. The number of amides is 1. The van der Waals surface area contributed by atoms with Crippen LogP contribution in [0, 0.1) is 5.82 Å². The molecule has 2 aliphatic heterocycles. The maximum Gasteiger partial charge on any atom is 0.247 e. The van der Waals surface area contributed by atoms with Crippen molar-refractivity contribution in [3.63, 3.8) is 0 Å². The third-order valence-corrected chi connectivity index (χ3v) is 6.57. The molecule has 0 unspecified atom stereocenters. The number of likely N-dealkylation sites (N-methyl/N-ethyl adjacent to an activating group) is 2. The first-order valence-electron chi connectivity index (χ1n) is 12.0. The van der Waals surface area contributed by atoms with E-state index in [1.54, 1.807) is 7.11 Å². The predicted octanol–water partition coefficient (Wildman–Crippen LogP) is 2.70. The number of carbonyl (C=O) groups is 1. The lowest BCUT2D eigenvalue weighted by molar-refractivity contribution is -0.111. The number of halogens is 2.